The molecular weight excluding hydrogens is 416 g/mol. The van der Waals surface area contributed by atoms with Crippen LogP contribution in [0.5, 0.6) is 5.75 Å². The third kappa shape index (κ3) is 4.29. The Hall–Kier alpha value is -3.06. The minimum atomic E-state index is -0.471. The zero-order valence-electron chi connectivity index (χ0n) is 19.8. The lowest BCUT2D eigenvalue weighted by molar-refractivity contribution is -0.119. The Balaban J connectivity index is 1.58. The number of carbonyl (C=O) groups is 2. The van der Waals surface area contributed by atoms with Crippen molar-refractivity contribution in [2.75, 3.05) is 34.3 Å². The summed E-state index contributed by atoms with van der Waals surface area (Å²) in [5.41, 5.74) is 7.43. The van der Waals surface area contributed by atoms with Crippen molar-refractivity contribution in [1.82, 2.24) is 14.7 Å². The van der Waals surface area contributed by atoms with E-state index in [1.54, 1.807) is 12.0 Å². The monoisotopic (exact) mass is 450 g/mol. The van der Waals surface area contributed by atoms with Crippen LogP contribution in [0.3, 0.4) is 0 Å². The third-order valence-corrected chi connectivity index (χ3v) is 7.58. The fourth-order valence-corrected chi connectivity index (χ4v) is 5.65. The molecule has 2 aromatic rings. The van der Waals surface area contributed by atoms with Gasteiger partial charge in [0, 0.05) is 18.6 Å². The molecule has 4 rings (SSSR count). The average molecular weight is 451 g/mol. The maximum absolute atomic E-state index is 13.4. The second-order valence-electron chi connectivity index (χ2n) is 9.56. The molecule has 1 saturated heterocycles. The summed E-state index contributed by atoms with van der Waals surface area (Å²) < 4.78 is 5.24. The first-order valence-corrected chi connectivity index (χ1v) is 11.5. The van der Waals surface area contributed by atoms with Gasteiger partial charge in [0.25, 0.3) is 0 Å². The molecule has 7 nitrogen and oxygen atoms in total. The topological polar surface area (TPSA) is 79.1 Å². The number of carbonyl (C=O) groups excluding carboxylic acids is 2. The van der Waals surface area contributed by atoms with E-state index in [4.69, 9.17) is 10.5 Å². The van der Waals surface area contributed by atoms with Crippen LogP contribution in [0.25, 0.3) is 0 Å². The smallest absolute Gasteiger partial charge is 0.321 e. The van der Waals surface area contributed by atoms with Gasteiger partial charge in [0.15, 0.2) is 0 Å². The maximum atomic E-state index is 13.4. The molecule has 2 N–H and O–H groups in total. The van der Waals surface area contributed by atoms with E-state index in [-0.39, 0.29) is 23.7 Å². The Morgan fingerprint density at radius 3 is 2.21 bits per heavy atom. The molecule has 33 heavy (non-hydrogen) atoms. The summed E-state index contributed by atoms with van der Waals surface area (Å²) in [4.78, 5) is 31.2. The van der Waals surface area contributed by atoms with E-state index >= 15 is 0 Å². The van der Waals surface area contributed by atoms with E-state index in [1.165, 1.54) is 5.56 Å². The van der Waals surface area contributed by atoms with Crippen LogP contribution >= 0.6 is 0 Å². The van der Waals surface area contributed by atoms with E-state index in [0.29, 0.717) is 13.1 Å². The van der Waals surface area contributed by atoms with Crippen LogP contribution in [0.4, 0.5) is 4.79 Å². The predicted molar refractivity (Wildman–Crippen MR) is 128 cm³/mol. The molecule has 1 spiro atoms. The Kier molecular flexibility index (Phi) is 6.34. The molecule has 2 aromatic carbocycles. The molecule has 176 valence electrons. The summed E-state index contributed by atoms with van der Waals surface area (Å²) >= 11 is 0. The molecule has 2 fully saturated rings. The summed E-state index contributed by atoms with van der Waals surface area (Å²) in [7, 11) is 5.89. The summed E-state index contributed by atoms with van der Waals surface area (Å²) in [6, 6.07) is 18.2. The van der Waals surface area contributed by atoms with E-state index < -0.39 is 5.91 Å². The van der Waals surface area contributed by atoms with Gasteiger partial charge in [0.05, 0.1) is 12.6 Å². The number of benzene rings is 2. The molecule has 1 aliphatic carbocycles. The van der Waals surface area contributed by atoms with Gasteiger partial charge in [-0.3, -0.25) is 9.69 Å². The van der Waals surface area contributed by atoms with Crippen LogP contribution in [0.2, 0.25) is 0 Å². The lowest BCUT2D eigenvalue weighted by Gasteiger charge is -2.50. The number of urea groups is 1. The molecule has 0 aromatic heterocycles. The van der Waals surface area contributed by atoms with Crippen molar-refractivity contribution in [3.63, 3.8) is 0 Å². The molecule has 0 atom stereocenters. The summed E-state index contributed by atoms with van der Waals surface area (Å²) in [5, 5.41) is 0. The maximum Gasteiger partial charge on any atom is 0.321 e. The number of primary amides is 1. The lowest BCUT2D eigenvalue weighted by atomic mass is 9.68. The first-order chi connectivity index (χ1) is 15.8. The van der Waals surface area contributed by atoms with Crippen molar-refractivity contribution < 1.29 is 14.3 Å². The van der Waals surface area contributed by atoms with Crippen molar-refractivity contribution in [2.24, 2.45) is 5.73 Å². The van der Waals surface area contributed by atoms with Crippen molar-refractivity contribution in [1.29, 1.82) is 0 Å². The molecule has 0 radical (unpaired) electrons. The molecular formula is C26H34N4O3. The van der Waals surface area contributed by atoms with Crippen molar-refractivity contribution in [3.05, 3.63) is 65.7 Å². The first kappa shape index (κ1) is 23.1. The lowest BCUT2D eigenvalue weighted by Crippen LogP contribution is -2.56. The number of hydrogen-bond donors (Lipinski definition) is 1. The molecule has 1 saturated carbocycles. The minimum absolute atomic E-state index is 0.0434. The van der Waals surface area contributed by atoms with Crippen LogP contribution in [-0.4, -0.2) is 66.5 Å². The van der Waals surface area contributed by atoms with E-state index in [0.717, 1.165) is 37.0 Å². The molecule has 7 heteroatoms. The van der Waals surface area contributed by atoms with Gasteiger partial charge in [-0.25, -0.2) is 4.79 Å². The molecule has 0 unspecified atom stereocenters. The van der Waals surface area contributed by atoms with E-state index in [9.17, 15) is 9.59 Å². The van der Waals surface area contributed by atoms with Crippen molar-refractivity contribution in [2.45, 2.75) is 43.3 Å². The SMILES string of the molecule is COc1ccc(CN2C[C@]3(CC[C@@](c4ccccc4)(N(C)C)CC3)N(CC(N)=O)C2=O)cc1. The number of methoxy groups -OCH3 is 1. The zero-order chi connectivity index (χ0) is 23.6. The number of nitrogens with zero attached hydrogens (tertiary/aromatic N) is 3. The van der Waals surface area contributed by atoms with Crippen LogP contribution in [0.1, 0.15) is 36.8 Å². The van der Waals surface area contributed by atoms with Gasteiger partial charge in [-0.05, 0) is 63.0 Å². The highest BCUT2D eigenvalue weighted by molar-refractivity contribution is 5.85. The molecule has 2 aliphatic rings. The molecule has 1 aliphatic heterocycles. The second-order valence-corrected chi connectivity index (χ2v) is 9.56. The first-order valence-electron chi connectivity index (χ1n) is 11.5. The Labute approximate surface area is 196 Å². The highest BCUT2D eigenvalue weighted by Crippen LogP contribution is 2.49. The Morgan fingerprint density at radius 1 is 1.03 bits per heavy atom. The molecule has 3 amide bonds. The number of amides is 3. The van der Waals surface area contributed by atoms with Gasteiger partial charge >= 0.3 is 6.03 Å². The van der Waals surface area contributed by atoms with E-state index in [2.05, 4.69) is 43.3 Å². The minimum Gasteiger partial charge on any atom is -0.497 e. The van der Waals surface area contributed by atoms with Crippen LogP contribution in [0, 0.1) is 0 Å². The van der Waals surface area contributed by atoms with Crippen LogP contribution < -0.4 is 10.5 Å². The van der Waals surface area contributed by atoms with Gasteiger partial charge in [-0.2, -0.15) is 0 Å². The zero-order valence-corrected chi connectivity index (χ0v) is 19.8. The number of nitrogens with two attached hydrogens (primary N) is 1. The number of ether oxygens (including phenoxy) is 1. The third-order valence-electron chi connectivity index (χ3n) is 7.58. The van der Waals surface area contributed by atoms with Gasteiger partial charge in [0.1, 0.15) is 12.3 Å². The predicted octanol–water partition coefficient (Wildman–Crippen LogP) is 3.19. The van der Waals surface area contributed by atoms with E-state index in [1.807, 2.05) is 35.2 Å². The molecule has 0 bridgehead atoms. The van der Waals surface area contributed by atoms with Crippen LogP contribution in [0.15, 0.2) is 54.6 Å². The normalized spacial score (nSPS) is 25.2. The van der Waals surface area contributed by atoms with Crippen LogP contribution in [-0.2, 0) is 16.9 Å². The second kappa shape index (κ2) is 9.06. The highest BCUT2D eigenvalue weighted by atomic mass is 16.5. The summed E-state index contributed by atoms with van der Waals surface area (Å²) in [5.74, 6) is 0.313. The van der Waals surface area contributed by atoms with Crippen molar-refractivity contribution >= 4 is 11.9 Å². The largest absolute Gasteiger partial charge is 0.497 e. The number of rotatable bonds is 7. The standard InChI is InChI=1S/C26H34N4O3/c1-28(2)26(21-7-5-4-6-8-21)15-13-25(14-16-26)19-29(24(32)30(25)18-23(27)31)17-20-9-11-22(33-3)12-10-20/h4-12H,13-19H2,1-3H3,(H2,27,31)/t25-,26-. The van der Waals surface area contributed by atoms with Crippen molar-refractivity contribution in [3.8, 4) is 5.75 Å². The highest BCUT2D eigenvalue weighted by Gasteiger charge is 2.54. The molecule has 1 heterocycles. The van der Waals surface area contributed by atoms with Gasteiger partial charge in [0.2, 0.25) is 5.91 Å². The Morgan fingerprint density at radius 2 is 1.67 bits per heavy atom. The number of hydrogen-bond acceptors (Lipinski definition) is 4. The van der Waals surface area contributed by atoms with Gasteiger partial charge in [-0.1, -0.05) is 42.5 Å². The van der Waals surface area contributed by atoms with Gasteiger partial charge in [-0.15, -0.1) is 0 Å². The summed E-state index contributed by atoms with van der Waals surface area (Å²) in [6.45, 7) is 1.05. The quantitative estimate of drug-likeness (QED) is 0.703. The Bertz CT molecular complexity index is 982. The fraction of sp³-hybridized carbons (Fsp3) is 0.462. The average Bonchev–Trinajstić information content (AvgIpc) is 3.05. The van der Waals surface area contributed by atoms with Gasteiger partial charge < -0.3 is 20.3 Å². The fourth-order valence-electron chi connectivity index (χ4n) is 5.65. The summed E-state index contributed by atoms with van der Waals surface area (Å²) in [6.07, 6.45) is 3.45.